The van der Waals surface area contributed by atoms with Crippen molar-refractivity contribution in [2.24, 2.45) is 5.84 Å². The first kappa shape index (κ1) is 14.0. The van der Waals surface area contributed by atoms with Crippen LogP contribution in [0.3, 0.4) is 0 Å². The van der Waals surface area contributed by atoms with Crippen LogP contribution in [0.15, 0.2) is 22.7 Å². The smallest absolute Gasteiger partial charge is 0.162 e. The van der Waals surface area contributed by atoms with Crippen LogP contribution in [0, 0.1) is 13.8 Å². The Balaban J connectivity index is 2.60. The number of rotatable bonds is 3. The molecule has 0 aliphatic rings. The van der Waals surface area contributed by atoms with Gasteiger partial charge in [-0.05, 0) is 38.0 Å². The number of halogens is 1. The Morgan fingerprint density at radius 1 is 1.26 bits per heavy atom. The van der Waals surface area contributed by atoms with E-state index in [1.165, 1.54) is 5.56 Å². The number of aromatic nitrogens is 2. The molecule has 0 aliphatic heterocycles. The summed E-state index contributed by atoms with van der Waals surface area (Å²) < 4.78 is 0.985. The SMILES string of the molecule is CCc1c(C)nc(-c2ccc(C)cc2Br)nc1NN. The van der Waals surface area contributed by atoms with Crippen LogP contribution in [0.4, 0.5) is 5.82 Å². The maximum absolute atomic E-state index is 5.55. The lowest BCUT2D eigenvalue weighted by atomic mass is 10.1. The van der Waals surface area contributed by atoms with Crippen LogP contribution in [0.5, 0.6) is 0 Å². The lowest BCUT2D eigenvalue weighted by Crippen LogP contribution is -2.13. The molecule has 0 saturated heterocycles. The molecule has 0 bridgehead atoms. The largest absolute Gasteiger partial charge is 0.308 e. The van der Waals surface area contributed by atoms with Gasteiger partial charge in [0.2, 0.25) is 0 Å². The Morgan fingerprint density at radius 3 is 2.58 bits per heavy atom. The number of nitrogen functional groups attached to an aromatic ring is 1. The third-order valence-corrected chi connectivity index (χ3v) is 3.73. The normalized spacial score (nSPS) is 10.6. The molecule has 5 heteroatoms. The highest BCUT2D eigenvalue weighted by Crippen LogP contribution is 2.29. The number of nitrogens with one attached hydrogen (secondary N) is 1. The molecule has 4 nitrogen and oxygen atoms in total. The minimum absolute atomic E-state index is 0.675. The highest BCUT2D eigenvalue weighted by Gasteiger charge is 2.12. The van der Waals surface area contributed by atoms with Crippen molar-refractivity contribution in [2.75, 3.05) is 5.43 Å². The average Bonchev–Trinajstić information content (AvgIpc) is 2.37. The summed E-state index contributed by atoms with van der Waals surface area (Å²) in [6, 6.07) is 6.11. The second kappa shape index (κ2) is 5.67. The van der Waals surface area contributed by atoms with Gasteiger partial charge in [0.05, 0.1) is 0 Å². The zero-order valence-electron chi connectivity index (χ0n) is 11.3. The summed E-state index contributed by atoms with van der Waals surface area (Å²) in [7, 11) is 0. The molecule has 2 rings (SSSR count). The molecule has 0 atom stereocenters. The molecule has 1 heterocycles. The average molecular weight is 321 g/mol. The van der Waals surface area contributed by atoms with Gasteiger partial charge in [-0.3, -0.25) is 0 Å². The molecule has 19 heavy (non-hydrogen) atoms. The number of nitrogens with two attached hydrogens (primary N) is 1. The van der Waals surface area contributed by atoms with E-state index in [2.05, 4.69) is 44.3 Å². The minimum atomic E-state index is 0.675. The van der Waals surface area contributed by atoms with E-state index >= 15 is 0 Å². The van der Waals surface area contributed by atoms with Gasteiger partial charge in [-0.25, -0.2) is 15.8 Å². The Morgan fingerprint density at radius 2 is 2.00 bits per heavy atom. The van der Waals surface area contributed by atoms with Crippen LogP contribution in [0.1, 0.15) is 23.7 Å². The van der Waals surface area contributed by atoms with Crippen molar-refractivity contribution in [2.45, 2.75) is 27.2 Å². The van der Waals surface area contributed by atoms with Crippen molar-refractivity contribution >= 4 is 21.7 Å². The van der Waals surface area contributed by atoms with Gasteiger partial charge in [-0.1, -0.05) is 28.9 Å². The van der Waals surface area contributed by atoms with Gasteiger partial charge in [0.15, 0.2) is 5.82 Å². The highest BCUT2D eigenvalue weighted by atomic mass is 79.9. The fraction of sp³-hybridized carbons (Fsp3) is 0.286. The van der Waals surface area contributed by atoms with Crippen molar-refractivity contribution in [3.05, 3.63) is 39.5 Å². The molecule has 1 aromatic carbocycles. The van der Waals surface area contributed by atoms with Gasteiger partial charge >= 0.3 is 0 Å². The second-order valence-electron chi connectivity index (χ2n) is 4.44. The number of benzene rings is 1. The Hall–Kier alpha value is -1.46. The Bertz CT molecular complexity index is 611. The summed E-state index contributed by atoms with van der Waals surface area (Å²) in [5, 5.41) is 0. The fourth-order valence-electron chi connectivity index (χ4n) is 2.06. The molecule has 3 N–H and O–H groups in total. The van der Waals surface area contributed by atoms with Crippen LogP contribution < -0.4 is 11.3 Å². The van der Waals surface area contributed by atoms with Crippen LogP contribution >= 0.6 is 15.9 Å². The number of hydrazine groups is 1. The number of hydrogen-bond acceptors (Lipinski definition) is 4. The lowest BCUT2D eigenvalue weighted by molar-refractivity contribution is 0.994. The molecular formula is C14H17BrN4. The monoisotopic (exact) mass is 320 g/mol. The molecule has 0 amide bonds. The third kappa shape index (κ3) is 2.77. The van der Waals surface area contributed by atoms with Crippen molar-refractivity contribution in [3.8, 4) is 11.4 Å². The molecular weight excluding hydrogens is 304 g/mol. The first-order chi connectivity index (χ1) is 9.06. The van der Waals surface area contributed by atoms with Gasteiger partial charge in [-0.2, -0.15) is 0 Å². The van der Waals surface area contributed by atoms with Gasteiger partial charge < -0.3 is 5.43 Å². The topological polar surface area (TPSA) is 63.8 Å². The first-order valence-electron chi connectivity index (χ1n) is 6.17. The summed E-state index contributed by atoms with van der Waals surface area (Å²) in [5.74, 6) is 6.92. The Kier molecular flexibility index (Phi) is 4.17. The van der Waals surface area contributed by atoms with E-state index in [0.717, 1.165) is 27.7 Å². The van der Waals surface area contributed by atoms with E-state index in [1.54, 1.807) is 0 Å². The predicted octanol–water partition coefficient (Wildman–Crippen LogP) is 3.37. The molecule has 100 valence electrons. The molecule has 1 aromatic heterocycles. The van der Waals surface area contributed by atoms with E-state index in [9.17, 15) is 0 Å². The van der Waals surface area contributed by atoms with E-state index < -0.39 is 0 Å². The number of anilines is 1. The van der Waals surface area contributed by atoms with Crippen molar-refractivity contribution < 1.29 is 0 Å². The first-order valence-corrected chi connectivity index (χ1v) is 6.96. The van der Waals surface area contributed by atoms with Gasteiger partial charge in [-0.15, -0.1) is 0 Å². The molecule has 0 fully saturated rings. The quantitative estimate of drug-likeness (QED) is 0.672. The maximum Gasteiger partial charge on any atom is 0.162 e. The molecule has 0 spiro atoms. The fourth-order valence-corrected chi connectivity index (χ4v) is 2.73. The van der Waals surface area contributed by atoms with Gasteiger partial charge in [0.1, 0.15) is 5.82 Å². The summed E-state index contributed by atoms with van der Waals surface area (Å²) in [6.45, 7) is 6.09. The lowest BCUT2D eigenvalue weighted by Gasteiger charge is -2.12. The van der Waals surface area contributed by atoms with Gasteiger partial charge in [0.25, 0.3) is 0 Å². The van der Waals surface area contributed by atoms with Crippen LogP contribution in [0.2, 0.25) is 0 Å². The zero-order valence-corrected chi connectivity index (χ0v) is 12.9. The molecule has 0 unspecified atom stereocenters. The summed E-state index contributed by atoms with van der Waals surface area (Å²) in [4.78, 5) is 9.08. The maximum atomic E-state index is 5.55. The molecule has 0 saturated carbocycles. The van der Waals surface area contributed by atoms with Crippen molar-refractivity contribution in [1.29, 1.82) is 0 Å². The molecule has 0 aliphatic carbocycles. The molecule has 2 aromatic rings. The minimum Gasteiger partial charge on any atom is -0.308 e. The van der Waals surface area contributed by atoms with Crippen LogP contribution in [-0.2, 0) is 6.42 Å². The van der Waals surface area contributed by atoms with Crippen LogP contribution in [-0.4, -0.2) is 9.97 Å². The van der Waals surface area contributed by atoms with Crippen LogP contribution in [0.25, 0.3) is 11.4 Å². The summed E-state index contributed by atoms with van der Waals surface area (Å²) in [5.41, 5.74) is 6.82. The van der Waals surface area contributed by atoms with Crippen molar-refractivity contribution in [1.82, 2.24) is 9.97 Å². The van der Waals surface area contributed by atoms with Gasteiger partial charge in [0, 0.05) is 21.3 Å². The molecule has 0 radical (unpaired) electrons. The second-order valence-corrected chi connectivity index (χ2v) is 5.30. The zero-order chi connectivity index (χ0) is 14.0. The number of nitrogens with zero attached hydrogens (tertiary/aromatic N) is 2. The number of hydrogen-bond donors (Lipinski definition) is 2. The third-order valence-electron chi connectivity index (χ3n) is 3.07. The van der Waals surface area contributed by atoms with E-state index in [-0.39, 0.29) is 0 Å². The standard InChI is InChI=1S/C14H17BrN4/c1-4-10-9(3)17-13(18-14(10)19-16)11-6-5-8(2)7-12(11)15/h5-7H,4,16H2,1-3H3,(H,17,18,19). The highest BCUT2D eigenvalue weighted by molar-refractivity contribution is 9.10. The Labute approximate surface area is 121 Å². The summed E-state index contributed by atoms with van der Waals surface area (Å²) >= 11 is 3.56. The summed E-state index contributed by atoms with van der Waals surface area (Å²) in [6.07, 6.45) is 0.848. The van der Waals surface area contributed by atoms with E-state index in [1.807, 2.05) is 26.0 Å². The van der Waals surface area contributed by atoms with E-state index in [4.69, 9.17) is 5.84 Å². The van der Waals surface area contributed by atoms with E-state index in [0.29, 0.717) is 11.6 Å². The number of aryl methyl sites for hydroxylation is 2. The van der Waals surface area contributed by atoms with Crippen molar-refractivity contribution in [3.63, 3.8) is 0 Å². The predicted molar refractivity (Wildman–Crippen MR) is 81.8 cm³/mol.